The van der Waals surface area contributed by atoms with Crippen molar-refractivity contribution in [3.05, 3.63) is 35.3 Å². The van der Waals surface area contributed by atoms with Gasteiger partial charge in [-0.15, -0.1) is 0 Å². The van der Waals surface area contributed by atoms with Crippen LogP contribution in [0.1, 0.15) is 16.8 Å². The van der Waals surface area contributed by atoms with E-state index in [1.54, 1.807) is 10.7 Å². The smallest absolute Gasteiger partial charge is 0.144 e. The Labute approximate surface area is 105 Å². The van der Waals surface area contributed by atoms with Gasteiger partial charge in [-0.1, -0.05) is 0 Å². The third kappa shape index (κ3) is 2.40. The first-order chi connectivity index (χ1) is 8.60. The lowest BCUT2D eigenvalue weighted by atomic mass is 10.2. The lowest BCUT2D eigenvalue weighted by Gasteiger charge is -2.06. The number of nitrogens with zero attached hydrogens (tertiary/aromatic N) is 4. The van der Waals surface area contributed by atoms with Crippen LogP contribution in [-0.2, 0) is 13.6 Å². The van der Waals surface area contributed by atoms with Crippen molar-refractivity contribution in [2.45, 2.75) is 13.5 Å². The van der Waals surface area contributed by atoms with Crippen LogP contribution in [0.2, 0.25) is 0 Å². The number of hydrogen-bond donors (Lipinski definition) is 2. The molecule has 0 aliphatic heterocycles. The van der Waals surface area contributed by atoms with Crippen LogP contribution in [0.3, 0.4) is 0 Å². The molecule has 0 unspecified atom stereocenters. The Morgan fingerprint density at radius 2 is 2.33 bits per heavy atom. The summed E-state index contributed by atoms with van der Waals surface area (Å²) in [5.41, 5.74) is 8.53. The average Bonchev–Trinajstić information content (AvgIpc) is 2.66. The van der Waals surface area contributed by atoms with Crippen molar-refractivity contribution in [3.8, 4) is 6.07 Å². The zero-order valence-corrected chi connectivity index (χ0v) is 10.3. The molecule has 0 saturated heterocycles. The summed E-state index contributed by atoms with van der Waals surface area (Å²) in [5, 5.41) is 16.4. The Morgan fingerprint density at radius 1 is 1.56 bits per heavy atom. The minimum atomic E-state index is 0.441. The van der Waals surface area contributed by atoms with Crippen LogP contribution in [-0.4, -0.2) is 14.8 Å². The Morgan fingerprint density at radius 3 is 2.94 bits per heavy atom. The van der Waals surface area contributed by atoms with Crippen LogP contribution < -0.4 is 11.1 Å². The SMILES string of the molecule is Cc1nn(C)cc1CNc1ncc(N)cc1C#N. The maximum Gasteiger partial charge on any atom is 0.144 e. The van der Waals surface area contributed by atoms with Gasteiger partial charge in [0.15, 0.2) is 0 Å². The third-order valence-corrected chi connectivity index (χ3v) is 2.59. The number of hydrogen-bond acceptors (Lipinski definition) is 5. The number of nitrogen functional groups attached to an aromatic ring is 1. The van der Waals surface area contributed by atoms with Crippen molar-refractivity contribution in [2.75, 3.05) is 11.1 Å². The molecular weight excluding hydrogens is 228 g/mol. The second-order valence-electron chi connectivity index (χ2n) is 4.04. The standard InChI is InChI=1S/C12H14N6/c1-8-10(7-18(2)17-8)5-15-12-9(4-13)3-11(14)6-16-12/h3,6-7H,5,14H2,1-2H3,(H,15,16). The van der Waals surface area contributed by atoms with E-state index in [1.165, 1.54) is 6.20 Å². The van der Waals surface area contributed by atoms with E-state index in [0.29, 0.717) is 23.6 Å². The zero-order valence-electron chi connectivity index (χ0n) is 10.3. The quantitative estimate of drug-likeness (QED) is 0.843. The number of pyridine rings is 1. The molecule has 0 spiro atoms. The Balaban J connectivity index is 2.16. The third-order valence-electron chi connectivity index (χ3n) is 2.59. The second kappa shape index (κ2) is 4.75. The van der Waals surface area contributed by atoms with Gasteiger partial charge in [0.2, 0.25) is 0 Å². The molecule has 2 heterocycles. The van der Waals surface area contributed by atoms with Crippen LogP contribution in [0, 0.1) is 18.3 Å². The second-order valence-corrected chi connectivity index (χ2v) is 4.04. The predicted molar refractivity (Wildman–Crippen MR) is 68.6 cm³/mol. The lowest BCUT2D eigenvalue weighted by Crippen LogP contribution is -2.04. The van der Waals surface area contributed by atoms with E-state index in [2.05, 4.69) is 21.5 Å². The van der Waals surface area contributed by atoms with E-state index >= 15 is 0 Å². The highest BCUT2D eigenvalue weighted by atomic mass is 15.3. The van der Waals surface area contributed by atoms with Gasteiger partial charge in [-0.25, -0.2) is 4.98 Å². The van der Waals surface area contributed by atoms with E-state index < -0.39 is 0 Å². The van der Waals surface area contributed by atoms with Gasteiger partial charge in [0.1, 0.15) is 11.9 Å². The topological polar surface area (TPSA) is 92.6 Å². The highest BCUT2D eigenvalue weighted by Crippen LogP contribution is 2.15. The molecule has 0 saturated carbocycles. The Bertz CT molecular complexity index is 608. The number of nitriles is 1. The number of aromatic nitrogens is 3. The normalized spacial score (nSPS) is 10.1. The van der Waals surface area contributed by atoms with Gasteiger partial charge >= 0.3 is 0 Å². The fourth-order valence-electron chi connectivity index (χ4n) is 1.71. The molecule has 18 heavy (non-hydrogen) atoms. The number of aryl methyl sites for hydroxylation is 2. The first-order valence-corrected chi connectivity index (χ1v) is 5.48. The molecule has 2 rings (SSSR count). The van der Waals surface area contributed by atoms with Crippen molar-refractivity contribution in [1.82, 2.24) is 14.8 Å². The van der Waals surface area contributed by atoms with Crippen molar-refractivity contribution in [3.63, 3.8) is 0 Å². The van der Waals surface area contributed by atoms with Gasteiger partial charge in [-0.2, -0.15) is 10.4 Å². The number of nitrogens with two attached hydrogens (primary N) is 1. The Kier molecular flexibility index (Phi) is 3.15. The molecule has 0 radical (unpaired) electrons. The van der Waals surface area contributed by atoms with Gasteiger partial charge in [0, 0.05) is 25.4 Å². The molecule has 0 atom stereocenters. The fraction of sp³-hybridized carbons (Fsp3) is 0.250. The first-order valence-electron chi connectivity index (χ1n) is 5.48. The first kappa shape index (κ1) is 11.9. The van der Waals surface area contributed by atoms with Crippen LogP contribution in [0.15, 0.2) is 18.5 Å². The molecule has 0 aliphatic carbocycles. The summed E-state index contributed by atoms with van der Waals surface area (Å²) in [6.45, 7) is 2.52. The van der Waals surface area contributed by atoms with Gasteiger partial charge < -0.3 is 11.1 Å². The van der Waals surface area contributed by atoms with Gasteiger partial charge in [-0.05, 0) is 13.0 Å². The highest BCUT2D eigenvalue weighted by Gasteiger charge is 2.06. The van der Waals surface area contributed by atoms with Crippen LogP contribution >= 0.6 is 0 Å². The fourth-order valence-corrected chi connectivity index (χ4v) is 1.71. The summed E-state index contributed by atoms with van der Waals surface area (Å²) in [7, 11) is 1.87. The predicted octanol–water partition coefficient (Wildman–Crippen LogP) is 1.19. The van der Waals surface area contributed by atoms with Crippen LogP contribution in [0.25, 0.3) is 0 Å². The van der Waals surface area contributed by atoms with Gasteiger partial charge in [0.25, 0.3) is 0 Å². The highest BCUT2D eigenvalue weighted by molar-refractivity contribution is 5.57. The minimum absolute atomic E-state index is 0.441. The number of rotatable bonds is 3. The van der Waals surface area contributed by atoms with Gasteiger partial charge in [0.05, 0.1) is 23.1 Å². The number of nitrogens with one attached hydrogen (secondary N) is 1. The lowest BCUT2D eigenvalue weighted by molar-refractivity contribution is 0.756. The molecule has 0 fully saturated rings. The molecule has 0 amide bonds. The maximum atomic E-state index is 9.00. The Hall–Kier alpha value is -2.55. The van der Waals surface area contributed by atoms with Gasteiger partial charge in [-0.3, -0.25) is 4.68 Å². The molecule has 0 aromatic carbocycles. The molecule has 6 heteroatoms. The maximum absolute atomic E-state index is 9.00. The summed E-state index contributed by atoms with van der Waals surface area (Å²) in [6, 6.07) is 3.67. The zero-order chi connectivity index (χ0) is 13.1. The summed E-state index contributed by atoms with van der Waals surface area (Å²) in [6.07, 6.45) is 3.46. The van der Waals surface area contributed by atoms with E-state index in [4.69, 9.17) is 11.0 Å². The monoisotopic (exact) mass is 242 g/mol. The summed E-state index contributed by atoms with van der Waals surface area (Å²) >= 11 is 0. The van der Waals surface area contributed by atoms with E-state index in [-0.39, 0.29) is 0 Å². The number of anilines is 2. The summed E-state index contributed by atoms with van der Waals surface area (Å²) in [4.78, 5) is 4.11. The average molecular weight is 242 g/mol. The summed E-state index contributed by atoms with van der Waals surface area (Å²) in [5.74, 6) is 0.537. The van der Waals surface area contributed by atoms with Crippen molar-refractivity contribution in [1.29, 1.82) is 5.26 Å². The molecule has 3 N–H and O–H groups in total. The van der Waals surface area contributed by atoms with Crippen molar-refractivity contribution < 1.29 is 0 Å². The summed E-state index contributed by atoms with van der Waals surface area (Å²) < 4.78 is 1.76. The molecule has 2 aromatic heterocycles. The molecule has 0 aliphatic rings. The van der Waals surface area contributed by atoms with Crippen molar-refractivity contribution in [2.24, 2.45) is 7.05 Å². The molecule has 92 valence electrons. The van der Waals surface area contributed by atoms with Crippen LogP contribution in [0.5, 0.6) is 0 Å². The van der Waals surface area contributed by atoms with E-state index in [0.717, 1.165) is 11.3 Å². The molecule has 2 aromatic rings. The largest absolute Gasteiger partial charge is 0.397 e. The molecule has 6 nitrogen and oxygen atoms in total. The minimum Gasteiger partial charge on any atom is -0.397 e. The van der Waals surface area contributed by atoms with E-state index in [9.17, 15) is 0 Å². The van der Waals surface area contributed by atoms with Crippen LogP contribution in [0.4, 0.5) is 11.5 Å². The molecule has 0 bridgehead atoms. The van der Waals surface area contributed by atoms with Crippen molar-refractivity contribution >= 4 is 11.5 Å². The van der Waals surface area contributed by atoms with E-state index in [1.807, 2.05) is 20.2 Å². The molecular formula is C12H14N6.